The fourth-order valence-electron chi connectivity index (χ4n) is 3.74. The highest BCUT2D eigenvalue weighted by Crippen LogP contribution is 2.29. The van der Waals surface area contributed by atoms with E-state index < -0.39 is 15.8 Å². The van der Waals surface area contributed by atoms with Gasteiger partial charge in [-0.15, -0.1) is 0 Å². The summed E-state index contributed by atoms with van der Waals surface area (Å²) < 4.78 is 35.7. The van der Waals surface area contributed by atoms with E-state index >= 15 is 0 Å². The smallest absolute Gasteiger partial charge is 0.331 e. The highest BCUT2D eigenvalue weighted by Gasteiger charge is 2.31. The lowest BCUT2D eigenvalue weighted by Crippen LogP contribution is -2.16. The number of ether oxygens (including phenoxy) is 2. The Morgan fingerprint density at radius 1 is 1.20 bits per heavy atom. The molecule has 0 bridgehead atoms. The molecule has 1 atom stereocenters. The minimum Gasteiger partial charge on any atom is -0.497 e. The molecule has 0 saturated carbocycles. The van der Waals surface area contributed by atoms with Crippen molar-refractivity contribution in [3.05, 3.63) is 58.9 Å². The number of methoxy groups -OCH3 is 1. The number of aromatic nitrogens is 1. The van der Waals surface area contributed by atoms with Crippen LogP contribution in [0.3, 0.4) is 0 Å². The summed E-state index contributed by atoms with van der Waals surface area (Å²) in [4.78, 5) is 24.5. The summed E-state index contributed by atoms with van der Waals surface area (Å²) in [7, 11) is -1.46. The van der Waals surface area contributed by atoms with Crippen LogP contribution in [0.2, 0.25) is 0 Å². The van der Waals surface area contributed by atoms with Crippen molar-refractivity contribution in [2.24, 2.45) is 0 Å². The van der Waals surface area contributed by atoms with Crippen molar-refractivity contribution < 1.29 is 27.5 Å². The first-order valence-electron chi connectivity index (χ1n) is 9.61. The molecule has 1 fully saturated rings. The van der Waals surface area contributed by atoms with Crippen LogP contribution in [0.1, 0.15) is 39.8 Å². The Balaban J connectivity index is 1.61. The highest BCUT2D eigenvalue weighted by atomic mass is 32.2. The second-order valence-electron chi connectivity index (χ2n) is 7.35. The van der Waals surface area contributed by atoms with Crippen molar-refractivity contribution >= 4 is 27.7 Å². The predicted octanol–water partition coefficient (Wildman–Crippen LogP) is 2.91. The maximum Gasteiger partial charge on any atom is 0.331 e. The molecule has 1 unspecified atom stereocenters. The van der Waals surface area contributed by atoms with Gasteiger partial charge in [-0.05, 0) is 50.1 Å². The van der Waals surface area contributed by atoms with Gasteiger partial charge in [-0.3, -0.25) is 4.79 Å². The summed E-state index contributed by atoms with van der Waals surface area (Å²) in [5, 5.41) is 0. The van der Waals surface area contributed by atoms with Crippen LogP contribution in [-0.4, -0.2) is 50.0 Å². The molecule has 2 aromatic rings. The molecular weight excluding hydrogens is 406 g/mol. The summed E-state index contributed by atoms with van der Waals surface area (Å²) in [6.45, 7) is 3.26. The minimum atomic E-state index is -3.03. The van der Waals surface area contributed by atoms with Gasteiger partial charge in [0.2, 0.25) is 5.78 Å². The number of Topliss-reactive ketones (excluding diaryl/α,β-unsaturated/α-hetero) is 1. The van der Waals surface area contributed by atoms with Crippen LogP contribution in [-0.2, 0) is 19.4 Å². The highest BCUT2D eigenvalue weighted by molar-refractivity contribution is 7.91. The second kappa shape index (κ2) is 8.87. The number of benzene rings is 1. The fourth-order valence-corrected chi connectivity index (χ4v) is 5.44. The first-order chi connectivity index (χ1) is 14.2. The van der Waals surface area contributed by atoms with Crippen molar-refractivity contribution in [3.63, 3.8) is 0 Å². The predicted molar refractivity (Wildman–Crippen MR) is 114 cm³/mol. The minimum absolute atomic E-state index is 0.0854. The average Bonchev–Trinajstić information content (AvgIpc) is 3.22. The van der Waals surface area contributed by atoms with Gasteiger partial charge in [-0.1, -0.05) is 12.1 Å². The SMILES string of the molecule is COc1ccc(/C=C/C(=O)OCC(=O)c2cc(C)n(C3CCS(=O)(=O)C3)c2C)cc1. The molecule has 0 amide bonds. The summed E-state index contributed by atoms with van der Waals surface area (Å²) in [6, 6.07) is 8.72. The molecule has 1 aliphatic rings. The Hall–Kier alpha value is -2.87. The van der Waals surface area contributed by atoms with Gasteiger partial charge in [-0.25, -0.2) is 13.2 Å². The van der Waals surface area contributed by atoms with Gasteiger partial charge in [-0.2, -0.15) is 0 Å². The molecule has 0 aliphatic carbocycles. The van der Waals surface area contributed by atoms with E-state index in [-0.39, 0.29) is 29.9 Å². The quantitative estimate of drug-likeness (QED) is 0.380. The molecule has 0 radical (unpaired) electrons. The van der Waals surface area contributed by atoms with Gasteiger partial charge in [0.25, 0.3) is 0 Å². The zero-order valence-electron chi connectivity index (χ0n) is 17.3. The fraction of sp³-hybridized carbons (Fsp3) is 0.364. The molecule has 0 spiro atoms. The third-order valence-corrected chi connectivity index (χ3v) is 6.98. The van der Waals surface area contributed by atoms with Crippen LogP contribution >= 0.6 is 0 Å². The largest absolute Gasteiger partial charge is 0.497 e. The maximum atomic E-state index is 12.6. The lowest BCUT2D eigenvalue weighted by Gasteiger charge is -2.16. The lowest BCUT2D eigenvalue weighted by molar-refractivity contribution is -0.136. The molecule has 1 aliphatic heterocycles. The number of carbonyl (C=O) groups is 2. The molecular formula is C22H25NO6S. The van der Waals surface area contributed by atoms with Crippen LogP contribution in [0, 0.1) is 13.8 Å². The van der Waals surface area contributed by atoms with E-state index in [1.165, 1.54) is 6.08 Å². The van der Waals surface area contributed by atoms with E-state index in [0.29, 0.717) is 23.4 Å². The molecule has 160 valence electrons. The normalized spacial score (nSPS) is 17.9. The Bertz CT molecular complexity index is 1080. The van der Waals surface area contributed by atoms with E-state index in [2.05, 4.69) is 0 Å². The number of ketones is 1. The van der Waals surface area contributed by atoms with E-state index in [1.807, 2.05) is 11.5 Å². The van der Waals surface area contributed by atoms with Crippen LogP contribution in [0.5, 0.6) is 5.75 Å². The molecule has 8 heteroatoms. The van der Waals surface area contributed by atoms with Crippen molar-refractivity contribution in [1.82, 2.24) is 4.57 Å². The van der Waals surface area contributed by atoms with Crippen molar-refractivity contribution in [2.75, 3.05) is 25.2 Å². The number of aryl methyl sites for hydroxylation is 1. The van der Waals surface area contributed by atoms with Gasteiger partial charge in [0, 0.05) is 29.1 Å². The monoisotopic (exact) mass is 431 g/mol. The number of esters is 1. The van der Waals surface area contributed by atoms with Crippen molar-refractivity contribution in [3.8, 4) is 5.75 Å². The topological polar surface area (TPSA) is 91.7 Å². The summed E-state index contributed by atoms with van der Waals surface area (Å²) >= 11 is 0. The number of hydrogen-bond donors (Lipinski definition) is 0. The van der Waals surface area contributed by atoms with Gasteiger partial charge >= 0.3 is 5.97 Å². The third-order valence-electron chi connectivity index (χ3n) is 5.23. The molecule has 1 saturated heterocycles. The van der Waals surface area contributed by atoms with E-state index in [9.17, 15) is 18.0 Å². The molecule has 3 rings (SSSR count). The molecule has 1 aromatic heterocycles. The van der Waals surface area contributed by atoms with E-state index in [0.717, 1.165) is 11.3 Å². The zero-order chi connectivity index (χ0) is 21.9. The van der Waals surface area contributed by atoms with Gasteiger partial charge < -0.3 is 14.0 Å². The lowest BCUT2D eigenvalue weighted by atomic mass is 10.1. The van der Waals surface area contributed by atoms with Gasteiger partial charge in [0.15, 0.2) is 16.4 Å². The van der Waals surface area contributed by atoms with Crippen LogP contribution < -0.4 is 4.74 Å². The number of carbonyl (C=O) groups excluding carboxylic acids is 2. The van der Waals surface area contributed by atoms with Gasteiger partial charge in [0.05, 0.1) is 18.6 Å². The van der Waals surface area contributed by atoms with Crippen molar-refractivity contribution in [1.29, 1.82) is 0 Å². The van der Waals surface area contributed by atoms with Crippen molar-refractivity contribution in [2.45, 2.75) is 26.3 Å². The Labute approximate surface area is 176 Å². The molecule has 7 nitrogen and oxygen atoms in total. The third kappa shape index (κ3) is 4.99. The first kappa shape index (κ1) is 21.8. The number of nitrogens with zero attached hydrogens (tertiary/aromatic N) is 1. The average molecular weight is 432 g/mol. The number of hydrogen-bond acceptors (Lipinski definition) is 6. The van der Waals surface area contributed by atoms with Crippen LogP contribution in [0.25, 0.3) is 6.08 Å². The standard InChI is InChI=1S/C22H25NO6S/c1-15-12-20(16(2)23(15)18-10-11-30(26,27)14-18)21(24)13-29-22(25)9-6-17-4-7-19(28-3)8-5-17/h4-9,12,18H,10-11,13-14H2,1-3H3/b9-6+. The summed E-state index contributed by atoms with van der Waals surface area (Å²) in [6.07, 6.45) is 3.40. The molecule has 1 aromatic carbocycles. The van der Waals surface area contributed by atoms with Gasteiger partial charge in [0.1, 0.15) is 5.75 Å². The molecule has 2 heterocycles. The zero-order valence-corrected chi connectivity index (χ0v) is 18.1. The van der Waals surface area contributed by atoms with E-state index in [1.54, 1.807) is 50.4 Å². The summed E-state index contributed by atoms with van der Waals surface area (Å²) in [5.41, 5.74) is 2.77. The second-order valence-corrected chi connectivity index (χ2v) is 9.58. The van der Waals surface area contributed by atoms with Crippen LogP contribution in [0.4, 0.5) is 0 Å². The van der Waals surface area contributed by atoms with E-state index in [4.69, 9.17) is 9.47 Å². The Morgan fingerprint density at radius 3 is 2.50 bits per heavy atom. The maximum absolute atomic E-state index is 12.6. The first-order valence-corrected chi connectivity index (χ1v) is 11.4. The number of rotatable bonds is 7. The van der Waals surface area contributed by atoms with Crippen LogP contribution in [0.15, 0.2) is 36.4 Å². The Kier molecular flexibility index (Phi) is 6.45. The molecule has 0 N–H and O–H groups in total. The Morgan fingerprint density at radius 2 is 1.90 bits per heavy atom. The summed E-state index contributed by atoms with van der Waals surface area (Å²) in [5.74, 6) is 0.0301. The number of sulfone groups is 1. The molecule has 30 heavy (non-hydrogen) atoms.